The van der Waals surface area contributed by atoms with E-state index in [0.717, 1.165) is 55.8 Å². The minimum atomic E-state index is 0.0121. The number of oxazole rings is 1. The van der Waals surface area contributed by atoms with Crippen molar-refractivity contribution in [3.05, 3.63) is 54.1 Å². The number of anilines is 2. The third kappa shape index (κ3) is 4.17. The number of nitrogens with one attached hydrogen (secondary N) is 2. The Bertz CT molecular complexity index is 911. The fraction of sp³-hybridized carbons (Fsp3) is 0.364. The van der Waals surface area contributed by atoms with Gasteiger partial charge in [-0.05, 0) is 49.2 Å². The van der Waals surface area contributed by atoms with Crippen molar-refractivity contribution in [1.29, 1.82) is 0 Å². The number of carbonyl (C=O) groups excluding carboxylic acids is 1. The highest BCUT2D eigenvalue weighted by Gasteiger charge is 2.27. The zero-order valence-corrected chi connectivity index (χ0v) is 16.1. The van der Waals surface area contributed by atoms with Crippen molar-refractivity contribution >= 4 is 28.7 Å². The average Bonchev–Trinajstić information content (AvgIpc) is 3.17. The summed E-state index contributed by atoms with van der Waals surface area (Å²) in [5.74, 6) is 0.107. The van der Waals surface area contributed by atoms with Crippen molar-refractivity contribution in [3.63, 3.8) is 0 Å². The summed E-state index contributed by atoms with van der Waals surface area (Å²) < 4.78 is 5.85. The van der Waals surface area contributed by atoms with Gasteiger partial charge in [-0.3, -0.25) is 4.79 Å². The molecule has 0 aliphatic carbocycles. The maximum atomic E-state index is 12.7. The molecule has 1 saturated heterocycles. The second-order valence-electron chi connectivity index (χ2n) is 7.20. The number of amides is 1. The predicted octanol–water partition coefficient (Wildman–Crippen LogP) is 3.79. The maximum Gasteiger partial charge on any atom is 0.298 e. The quantitative estimate of drug-likeness (QED) is 0.683. The monoisotopic (exact) mass is 378 g/mol. The van der Waals surface area contributed by atoms with Gasteiger partial charge in [-0.2, -0.15) is 4.98 Å². The van der Waals surface area contributed by atoms with E-state index in [2.05, 4.69) is 33.5 Å². The summed E-state index contributed by atoms with van der Waals surface area (Å²) in [6.07, 6.45) is 1.59. The fourth-order valence-corrected chi connectivity index (χ4v) is 3.60. The lowest BCUT2D eigenvalue weighted by molar-refractivity contribution is -0.120. The van der Waals surface area contributed by atoms with Crippen LogP contribution in [0.25, 0.3) is 11.1 Å². The van der Waals surface area contributed by atoms with E-state index in [0.29, 0.717) is 6.01 Å². The molecule has 0 radical (unpaired) electrons. The largest absolute Gasteiger partial charge is 0.423 e. The lowest BCUT2D eigenvalue weighted by atomic mass is 9.96. The highest BCUT2D eigenvalue weighted by atomic mass is 16.4. The second kappa shape index (κ2) is 8.44. The van der Waals surface area contributed by atoms with E-state index in [9.17, 15) is 4.79 Å². The Kier molecular flexibility index (Phi) is 5.58. The molecule has 1 aliphatic heterocycles. The van der Waals surface area contributed by atoms with Crippen LogP contribution >= 0.6 is 0 Å². The van der Waals surface area contributed by atoms with Gasteiger partial charge in [-0.25, -0.2) is 0 Å². The SMILES string of the molecule is CCNCc1cccc(NC(=O)C2CCN(c3nc4ccccc4o3)CC2)c1. The third-order valence-electron chi connectivity index (χ3n) is 5.19. The van der Waals surface area contributed by atoms with Gasteiger partial charge in [-0.15, -0.1) is 0 Å². The smallest absolute Gasteiger partial charge is 0.298 e. The van der Waals surface area contributed by atoms with E-state index in [1.807, 2.05) is 42.5 Å². The van der Waals surface area contributed by atoms with Gasteiger partial charge in [-0.1, -0.05) is 31.2 Å². The van der Waals surface area contributed by atoms with Crippen LogP contribution in [0, 0.1) is 5.92 Å². The standard InChI is InChI=1S/C22H26N4O2/c1-2-23-15-16-6-5-7-18(14-16)24-21(27)17-10-12-26(13-11-17)22-25-19-8-3-4-9-20(19)28-22/h3-9,14,17,23H,2,10-13,15H2,1H3,(H,24,27). The first-order chi connectivity index (χ1) is 13.7. The zero-order valence-electron chi connectivity index (χ0n) is 16.1. The third-order valence-corrected chi connectivity index (χ3v) is 5.19. The Hall–Kier alpha value is -2.86. The summed E-state index contributed by atoms with van der Waals surface area (Å²) in [7, 11) is 0. The summed E-state index contributed by atoms with van der Waals surface area (Å²) in [5, 5.41) is 6.39. The lowest BCUT2D eigenvalue weighted by Gasteiger charge is -2.30. The number of aromatic nitrogens is 1. The summed E-state index contributed by atoms with van der Waals surface area (Å²) in [6.45, 7) is 5.36. The van der Waals surface area contributed by atoms with Crippen LogP contribution in [-0.4, -0.2) is 30.5 Å². The van der Waals surface area contributed by atoms with E-state index in [4.69, 9.17) is 4.42 Å². The topological polar surface area (TPSA) is 70.4 Å². The average molecular weight is 378 g/mol. The molecule has 3 aromatic rings. The van der Waals surface area contributed by atoms with Gasteiger partial charge in [0, 0.05) is 31.2 Å². The van der Waals surface area contributed by atoms with Crippen molar-refractivity contribution in [2.45, 2.75) is 26.3 Å². The molecular formula is C22H26N4O2. The fourth-order valence-electron chi connectivity index (χ4n) is 3.60. The molecule has 2 aromatic carbocycles. The summed E-state index contributed by atoms with van der Waals surface area (Å²) in [6, 6.07) is 16.5. The number of para-hydroxylation sites is 2. The van der Waals surface area contributed by atoms with Gasteiger partial charge in [0.2, 0.25) is 5.91 Å². The highest BCUT2D eigenvalue weighted by molar-refractivity contribution is 5.92. The van der Waals surface area contributed by atoms with Crippen molar-refractivity contribution < 1.29 is 9.21 Å². The first-order valence-corrected chi connectivity index (χ1v) is 9.94. The maximum absolute atomic E-state index is 12.7. The van der Waals surface area contributed by atoms with Crippen molar-refractivity contribution in [2.24, 2.45) is 5.92 Å². The van der Waals surface area contributed by atoms with E-state index >= 15 is 0 Å². The van der Waals surface area contributed by atoms with Crippen LogP contribution in [0.5, 0.6) is 0 Å². The molecule has 6 heteroatoms. The number of hydrogen-bond donors (Lipinski definition) is 2. The van der Waals surface area contributed by atoms with Crippen LogP contribution in [0.2, 0.25) is 0 Å². The van der Waals surface area contributed by atoms with Crippen LogP contribution in [0.1, 0.15) is 25.3 Å². The molecule has 0 unspecified atom stereocenters. The van der Waals surface area contributed by atoms with Crippen LogP contribution in [0.4, 0.5) is 11.7 Å². The molecule has 4 rings (SSSR count). The van der Waals surface area contributed by atoms with Gasteiger partial charge in [0.05, 0.1) is 0 Å². The molecule has 2 heterocycles. The van der Waals surface area contributed by atoms with E-state index < -0.39 is 0 Å². The van der Waals surface area contributed by atoms with E-state index in [-0.39, 0.29) is 11.8 Å². The minimum Gasteiger partial charge on any atom is -0.423 e. The molecule has 28 heavy (non-hydrogen) atoms. The number of piperidine rings is 1. The van der Waals surface area contributed by atoms with Crippen molar-refractivity contribution in [1.82, 2.24) is 10.3 Å². The molecule has 1 fully saturated rings. The normalized spacial score (nSPS) is 15.1. The number of fused-ring (bicyclic) bond motifs is 1. The van der Waals surface area contributed by atoms with Crippen molar-refractivity contribution in [3.8, 4) is 0 Å². The molecule has 0 atom stereocenters. The van der Waals surface area contributed by atoms with Crippen LogP contribution in [0.3, 0.4) is 0 Å². The van der Waals surface area contributed by atoms with Gasteiger partial charge in [0.25, 0.3) is 6.01 Å². The van der Waals surface area contributed by atoms with Crippen molar-refractivity contribution in [2.75, 3.05) is 29.9 Å². The van der Waals surface area contributed by atoms with Gasteiger partial charge in [0.15, 0.2) is 5.58 Å². The Labute approximate surface area is 164 Å². The summed E-state index contributed by atoms with van der Waals surface area (Å²) in [5.41, 5.74) is 3.71. The van der Waals surface area contributed by atoms with Crippen LogP contribution < -0.4 is 15.5 Å². The van der Waals surface area contributed by atoms with Gasteiger partial charge < -0.3 is 20.0 Å². The summed E-state index contributed by atoms with van der Waals surface area (Å²) >= 11 is 0. The van der Waals surface area contributed by atoms with E-state index in [1.165, 1.54) is 5.56 Å². The molecule has 0 spiro atoms. The number of nitrogens with zero attached hydrogens (tertiary/aromatic N) is 2. The van der Waals surface area contributed by atoms with Gasteiger partial charge in [0.1, 0.15) is 5.52 Å². The predicted molar refractivity (Wildman–Crippen MR) is 111 cm³/mol. The number of carbonyl (C=O) groups is 1. The molecule has 2 N–H and O–H groups in total. The minimum absolute atomic E-state index is 0.0121. The Morgan fingerprint density at radius 3 is 2.79 bits per heavy atom. The number of benzene rings is 2. The Morgan fingerprint density at radius 1 is 1.18 bits per heavy atom. The number of hydrogen-bond acceptors (Lipinski definition) is 5. The lowest BCUT2D eigenvalue weighted by Crippen LogP contribution is -2.38. The first-order valence-electron chi connectivity index (χ1n) is 9.94. The second-order valence-corrected chi connectivity index (χ2v) is 7.20. The Balaban J connectivity index is 1.33. The molecule has 0 bridgehead atoms. The first kappa shape index (κ1) is 18.5. The molecule has 1 amide bonds. The van der Waals surface area contributed by atoms with Crippen LogP contribution in [0.15, 0.2) is 52.9 Å². The molecule has 146 valence electrons. The summed E-state index contributed by atoms with van der Waals surface area (Å²) in [4.78, 5) is 19.4. The highest BCUT2D eigenvalue weighted by Crippen LogP contribution is 2.27. The molecule has 1 aliphatic rings. The molecule has 1 aromatic heterocycles. The Morgan fingerprint density at radius 2 is 2.00 bits per heavy atom. The van der Waals surface area contributed by atoms with Crippen LogP contribution in [-0.2, 0) is 11.3 Å². The zero-order chi connectivity index (χ0) is 19.3. The number of rotatable bonds is 6. The molecular weight excluding hydrogens is 352 g/mol. The molecule has 6 nitrogen and oxygen atoms in total. The molecule has 0 saturated carbocycles. The van der Waals surface area contributed by atoms with Gasteiger partial charge >= 0.3 is 0 Å². The van der Waals surface area contributed by atoms with E-state index in [1.54, 1.807) is 0 Å².